The lowest BCUT2D eigenvalue weighted by Gasteiger charge is -2.48. The summed E-state index contributed by atoms with van der Waals surface area (Å²) in [7, 11) is 0. The van der Waals surface area contributed by atoms with Gasteiger partial charge in [-0.3, -0.25) is 0 Å². The fraction of sp³-hybridized carbons (Fsp3) is 0.571. The van der Waals surface area contributed by atoms with Gasteiger partial charge in [-0.25, -0.2) is 4.39 Å². The van der Waals surface area contributed by atoms with E-state index in [0.717, 1.165) is 5.69 Å². The van der Waals surface area contributed by atoms with Crippen LogP contribution in [0.25, 0.3) is 0 Å². The third-order valence-corrected chi connectivity index (χ3v) is 3.93. The summed E-state index contributed by atoms with van der Waals surface area (Å²) in [5.74, 6) is -0.230. The van der Waals surface area contributed by atoms with E-state index < -0.39 is 0 Å². The zero-order chi connectivity index (χ0) is 14.4. The van der Waals surface area contributed by atoms with Crippen molar-refractivity contribution in [3.8, 4) is 0 Å². The highest BCUT2D eigenvalue weighted by Crippen LogP contribution is 2.35. The largest absolute Gasteiger partial charge is 0.397 e. The molecule has 0 aromatic heterocycles. The molecule has 0 amide bonds. The number of benzene rings is 1. The number of nitrogen functional groups attached to an aromatic ring is 1. The lowest BCUT2D eigenvalue weighted by Crippen LogP contribution is -2.57. The second-order valence-corrected chi connectivity index (χ2v) is 7.46. The number of ether oxygens (including phenoxy) is 1. The summed E-state index contributed by atoms with van der Waals surface area (Å²) in [5, 5.41) is 0. The van der Waals surface area contributed by atoms with Gasteiger partial charge in [-0.1, -0.05) is 0 Å². The fourth-order valence-electron chi connectivity index (χ4n) is 2.78. The molecule has 0 spiro atoms. The van der Waals surface area contributed by atoms with Crippen LogP contribution in [-0.2, 0) is 4.74 Å². The van der Waals surface area contributed by atoms with E-state index in [9.17, 15) is 4.39 Å². The molecule has 1 aromatic carbocycles. The molecule has 106 valence electrons. The van der Waals surface area contributed by atoms with Gasteiger partial charge in [0.25, 0.3) is 0 Å². The summed E-state index contributed by atoms with van der Waals surface area (Å²) in [4.78, 5) is 2.11. The van der Waals surface area contributed by atoms with Crippen molar-refractivity contribution in [1.82, 2.24) is 0 Å². The number of halogens is 2. The molecular formula is C14H20FIN2O. The van der Waals surface area contributed by atoms with Crippen LogP contribution in [0.5, 0.6) is 0 Å². The van der Waals surface area contributed by atoms with Crippen LogP contribution < -0.4 is 10.6 Å². The van der Waals surface area contributed by atoms with E-state index in [1.165, 1.54) is 6.07 Å². The molecule has 0 atom stereocenters. The molecular weight excluding hydrogens is 358 g/mol. The van der Waals surface area contributed by atoms with Gasteiger partial charge < -0.3 is 15.4 Å². The Kier molecular flexibility index (Phi) is 3.72. The number of anilines is 2. The topological polar surface area (TPSA) is 38.5 Å². The smallest absolute Gasteiger partial charge is 0.138 e. The summed E-state index contributed by atoms with van der Waals surface area (Å²) in [5.41, 5.74) is 6.84. The summed E-state index contributed by atoms with van der Waals surface area (Å²) in [6.45, 7) is 9.56. The molecule has 1 saturated heterocycles. The summed E-state index contributed by atoms with van der Waals surface area (Å²) in [6.07, 6.45) is 0. The molecule has 0 bridgehead atoms. The summed E-state index contributed by atoms with van der Waals surface area (Å²) < 4.78 is 20.4. The van der Waals surface area contributed by atoms with Gasteiger partial charge in [-0.2, -0.15) is 0 Å². The fourth-order valence-corrected chi connectivity index (χ4v) is 3.27. The molecule has 2 N–H and O–H groups in total. The SMILES string of the molecule is CC1(C)CN(c2cc(F)c(I)cc2N)CC(C)(C)O1. The highest BCUT2D eigenvalue weighted by Gasteiger charge is 2.38. The van der Waals surface area contributed by atoms with Crippen molar-refractivity contribution in [1.29, 1.82) is 0 Å². The highest BCUT2D eigenvalue weighted by molar-refractivity contribution is 14.1. The molecule has 2 rings (SSSR count). The van der Waals surface area contributed by atoms with Crippen molar-refractivity contribution >= 4 is 34.0 Å². The average Bonchev–Trinajstić information content (AvgIpc) is 2.18. The van der Waals surface area contributed by atoms with E-state index in [-0.39, 0.29) is 17.0 Å². The first-order chi connectivity index (χ1) is 8.60. The van der Waals surface area contributed by atoms with Gasteiger partial charge in [-0.15, -0.1) is 0 Å². The Morgan fingerprint density at radius 2 is 1.74 bits per heavy atom. The van der Waals surface area contributed by atoms with Crippen LogP contribution in [0, 0.1) is 9.39 Å². The maximum Gasteiger partial charge on any atom is 0.138 e. The van der Waals surface area contributed by atoms with Gasteiger partial charge in [0.05, 0.1) is 26.1 Å². The maximum atomic E-state index is 13.8. The van der Waals surface area contributed by atoms with Crippen LogP contribution in [-0.4, -0.2) is 24.3 Å². The third-order valence-electron chi connectivity index (χ3n) is 3.11. The molecule has 0 aliphatic carbocycles. The van der Waals surface area contributed by atoms with Crippen molar-refractivity contribution in [3.63, 3.8) is 0 Å². The third kappa shape index (κ3) is 3.31. The Hall–Kier alpha value is -0.560. The van der Waals surface area contributed by atoms with Crippen LogP contribution in [0.2, 0.25) is 0 Å². The van der Waals surface area contributed by atoms with Gasteiger partial charge in [0.2, 0.25) is 0 Å². The average molecular weight is 378 g/mol. The number of rotatable bonds is 1. The van der Waals surface area contributed by atoms with Crippen LogP contribution in [0.3, 0.4) is 0 Å². The van der Waals surface area contributed by atoms with Gasteiger partial charge in [0.1, 0.15) is 5.82 Å². The minimum absolute atomic E-state index is 0.230. The van der Waals surface area contributed by atoms with Crippen LogP contribution in [0.15, 0.2) is 12.1 Å². The van der Waals surface area contributed by atoms with Crippen molar-refractivity contribution < 1.29 is 9.13 Å². The molecule has 1 aliphatic rings. The predicted molar refractivity (Wildman–Crippen MR) is 85.0 cm³/mol. The number of nitrogens with zero attached hydrogens (tertiary/aromatic N) is 1. The van der Waals surface area contributed by atoms with Crippen molar-refractivity contribution in [2.75, 3.05) is 23.7 Å². The van der Waals surface area contributed by atoms with Crippen LogP contribution in [0.1, 0.15) is 27.7 Å². The number of morpholine rings is 1. The Labute approximate surface area is 127 Å². The molecule has 3 nitrogen and oxygen atoms in total. The molecule has 0 radical (unpaired) electrons. The quantitative estimate of drug-likeness (QED) is 0.601. The molecule has 1 heterocycles. The minimum atomic E-state index is -0.284. The molecule has 5 heteroatoms. The number of hydrogen-bond donors (Lipinski definition) is 1. The second-order valence-electron chi connectivity index (χ2n) is 6.30. The first-order valence-corrected chi connectivity index (χ1v) is 7.37. The maximum absolute atomic E-state index is 13.8. The Bertz CT molecular complexity index is 486. The van der Waals surface area contributed by atoms with Crippen molar-refractivity contribution in [3.05, 3.63) is 21.5 Å². The Morgan fingerprint density at radius 1 is 1.21 bits per heavy atom. The van der Waals surface area contributed by atoms with E-state index in [2.05, 4.69) is 4.90 Å². The van der Waals surface area contributed by atoms with E-state index >= 15 is 0 Å². The molecule has 1 fully saturated rings. The van der Waals surface area contributed by atoms with E-state index in [4.69, 9.17) is 10.5 Å². The Morgan fingerprint density at radius 3 is 2.26 bits per heavy atom. The predicted octanol–water partition coefficient (Wildman–Crippen LogP) is 3.41. The zero-order valence-electron chi connectivity index (χ0n) is 11.8. The van der Waals surface area contributed by atoms with E-state index in [1.54, 1.807) is 6.07 Å². The molecule has 0 saturated carbocycles. The van der Waals surface area contributed by atoms with Gasteiger partial charge in [0, 0.05) is 19.2 Å². The lowest BCUT2D eigenvalue weighted by molar-refractivity contribution is -0.133. The van der Waals surface area contributed by atoms with Gasteiger partial charge in [0.15, 0.2) is 0 Å². The molecule has 1 aliphatic heterocycles. The van der Waals surface area contributed by atoms with Crippen LogP contribution >= 0.6 is 22.6 Å². The summed E-state index contributed by atoms with van der Waals surface area (Å²) >= 11 is 1.95. The highest BCUT2D eigenvalue weighted by atomic mass is 127. The number of hydrogen-bond acceptors (Lipinski definition) is 3. The number of nitrogens with two attached hydrogens (primary N) is 1. The van der Waals surface area contributed by atoms with Gasteiger partial charge in [-0.05, 0) is 56.4 Å². The van der Waals surface area contributed by atoms with Crippen molar-refractivity contribution in [2.45, 2.75) is 38.9 Å². The second kappa shape index (κ2) is 4.77. The van der Waals surface area contributed by atoms with Crippen molar-refractivity contribution in [2.24, 2.45) is 0 Å². The van der Waals surface area contributed by atoms with Crippen LogP contribution in [0.4, 0.5) is 15.8 Å². The lowest BCUT2D eigenvalue weighted by atomic mass is 9.98. The molecule has 1 aromatic rings. The minimum Gasteiger partial charge on any atom is -0.397 e. The van der Waals surface area contributed by atoms with E-state index in [1.807, 2.05) is 50.3 Å². The Balaban J connectivity index is 2.39. The monoisotopic (exact) mass is 378 g/mol. The van der Waals surface area contributed by atoms with E-state index in [0.29, 0.717) is 22.3 Å². The molecule has 19 heavy (non-hydrogen) atoms. The first kappa shape index (κ1) is 14.8. The van der Waals surface area contributed by atoms with Gasteiger partial charge >= 0.3 is 0 Å². The normalized spacial score (nSPS) is 21.5. The zero-order valence-corrected chi connectivity index (χ0v) is 13.9. The standard InChI is InChI=1S/C14H20FIN2O/c1-13(2)7-18(8-14(3,4)19-13)12-5-9(15)10(16)6-11(12)17/h5-6H,7-8,17H2,1-4H3. The summed E-state index contributed by atoms with van der Waals surface area (Å²) in [6, 6.07) is 3.20. The molecule has 0 unspecified atom stereocenters. The first-order valence-electron chi connectivity index (χ1n) is 6.29.